The molecule has 0 saturated heterocycles. The van der Waals surface area contributed by atoms with E-state index < -0.39 is 10.1 Å². The molecule has 0 radical (unpaired) electrons. The number of hydrogen-bond donors (Lipinski definition) is 1. The molecule has 124 valence electrons. The molecule has 6 heteroatoms. The first-order valence-corrected chi connectivity index (χ1v) is 9.87. The molecule has 5 nitrogen and oxygen atoms in total. The van der Waals surface area contributed by atoms with Gasteiger partial charge in [0.1, 0.15) is 0 Å². The Morgan fingerprint density at radius 2 is 1.76 bits per heavy atom. The molecule has 1 rings (SSSR count). The number of rotatable bonds is 12. The van der Waals surface area contributed by atoms with Crippen LogP contribution >= 0.6 is 0 Å². The Hall–Kier alpha value is -0.620. The summed E-state index contributed by atoms with van der Waals surface area (Å²) < 4.78 is 30.2. The van der Waals surface area contributed by atoms with Gasteiger partial charge >= 0.3 is 0 Å². The van der Waals surface area contributed by atoms with E-state index in [0.29, 0.717) is 13.0 Å². The zero-order valence-electron chi connectivity index (χ0n) is 13.3. The van der Waals surface area contributed by atoms with Gasteiger partial charge in [0.15, 0.2) is 0 Å². The summed E-state index contributed by atoms with van der Waals surface area (Å²) in [7, 11) is -3.83. The van der Waals surface area contributed by atoms with Crippen molar-refractivity contribution in [3.8, 4) is 0 Å². The summed E-state index contributed by atoms with van der Waals surface area (Å²) in [4.78, 5) is 6.68. The molecule has 0 aliphatic carbocycles. The van der Waals surface area contributed by atoms with E-state index in [1.807, 2.05) is 0 Å². The lowest BCUT2D eigenvalue weighted by Crippen LogP contribution is -2.29. The minimum absolute atomic E-state index is 0.159. The summed E-state index contributed by atoms with van der Waals surface area (Å²) in [6, 6.07) is 0. The average Bonchev–Trinajstić information content (AvgIpc) is 2.84. The lowest BCUT2D eigenvalue weighted by Gasteiger charge is -2.20. The third-order valence-electron chi connectivity index (χ3n) is 3.86. The van der Waals surface area contributed by atoms with Crippen molar-refractivity contribution in [2.24, 2.45) is 4.99 Å². The molecular weight excluding hydrogens is 288 g/mol. The lowest BCUT2D eigenvalue weighted by molar-refractivity contribution is 0.434. The van der Waals surface area contributed by atoms with Crippen molar-refractivity contribution in [1.82, 2.24) is 4.90 Å². The van der Waals surface area contributed by atoms with Crippen molar-refractivity contribution >= 4 is 16.0 Å². The van der Waals surface area contributed by atoms with Crippen LogP contribution in [0.1, 0.15) is 64.7 Å². The van der Waals surface area contributed by atoms with E-state index in [4.69, 9.17) is 4.55 Å². The molecule has 0 bridgehead atoms. The van der Waals surface area contributed by atoms with E-state index in [9.17, 15) is 8.42 Å². The maximum atomic E-state index is 10.7. The average molecular weight is 318 g/mol. The van der Waals surface area contributed by atoms with E-state index in [1.54, 1.807) is 0 Å². The topological polar surface area (TPSA) is 70.0 Å². The van der Waals surface area contributed by atoms with Crippen LogP contribution in [0.3, 0.4) is 0 Å². The fraction of sp³-hybridized carbons (Fsp3) is 0.933. The summed E-state index contributed by atoms with van der Waals surface area (Å²) in [6.45, 7) is 4.61. The first kappa shape index (κ1) is 18.4. The molecule has 1 N–H and O–H groups in total. The van der Waals surface area contributed by atoms with E-state index in [2.05, 4.69) is 16.8 Å². The van der Waals surface area contributed by atoms with Gasteiger partial charge in [0.05, 0.1) is 18.1 Å². The number of unbranched alkanes of at least 4 members (excludes halogenated alkanes) is 6. The van der Waals surface area contributed by atoms with Gasteiger partial charge in [0.2, 0.25) is 0 Å². The third kappa shape index (κ3) is 9.09. The normalized spacial score (nSPS) is 15.5. The zero-order valence-corrected chi connectivity index (χ0v) is 14.1. The van der Waals surface area contributed by atoms with Crippen LogP contribution in [-0.2, 0) is 10.1 Å². The quantitative estimate of drug-likeness (QED) is 0.443. The molecular formula is C15H30N2O3S. The number of nitrogens with zero attached hydrogens (tertiary/aromatic N) is 2. The highest BCUT2D eigenvalue weighted by atomic mass is 32.2. The lowest BCUT2D eigenvalue weighted by atomic mass is 10.1. The molecule has 1 heterocycles. The van der Waals surface area contributed by atoms with E-state index in [1.165, 1.54) is 44.9 Å². The molecule has 0 aromatic rings. The summed E-state index contributed by atoms with van der Waals surface area (Å²) in [5.74, 6) is 0.965. The fourth-order valence-electron chi connectivity index (χ4n) is 2.68. The van der Waals surface area contributed by atoms with Crippen LogP contribution < -0.4 is 0 Å². The minimum Gasteiger partial charge on any atom is -0.358 e. The maximum Gasteiger partial charge on any atom is 0.264 e. The zero-order chi connectivity index (χ0) is 15.6. The second-order valence-corrected chi connectivity index (χ2v) is 7.37. The Kier molecular flexibility index (Phi) is 8.92. The highest BCUT2D eigenvalue weighted by Gasteiger charge is 2.16. The van der Waals surface area contributed by atoms with Gasteiger partial charge in [-0.1, -0.05) is 45.4 Å². The molecule has 0 fully saturated rings. The first-order chi connectivity index (χ1) is 10.0. The Balaban J connectivity index is 2.10. The van der Waals surface area contributed by atoms with Crippen LogP contribution in [0.4, 0.5) is 0 Å². The molecule has 0 atom stereocenters. The Bertz CT molecular complexity index is 407. The smallest absolute Gasteiger partial charge is 0.264 e. The Morgan fingerprint density at radius 3 is 2.43 bits per heavy atom. The van der Waals surface area contributed by atoms with Crippen LogP contribution in [-0.4, -0.2) is 49.1 Å². The monoisotopic (exact) mass is 318 g/mol. The highest BCUT2D eigenvalue weighted by Crippen LogP contribution is 2.13. The van der Waals surface area contributed by atoms with Gasteiger partial charge in [-0.2, -0.15) is 8.42 Å². The molecule has 0 spiro atoms. The number of hydrogen-bond acceptors (Lipinski definition) is 4. The summed E-state index contributed by atoms with van der Waals surface area (Å²) in [6.07, 6.45) is 10.5. The van der Waals surface area contributed by atoms with Gasteiger partial charge in [0, 0.05) is 19.5 Å². The van der Waals surface area contributed by atoms with Gasteiger partial charge in [-0.15, -0.1) is 0 Å². The standard InChI is InChI=1S/C15H30N2O3S/c1-2-3-4-5-6-7-8-10-15-16-11-13-17(15)12-9-14-21(18,19)20/h2-14H2,1H3,(H,18,19,20). The van der Waals surface area contributed by atoms with Gasteiger partial charge < -0.3 is 4.90 Å². The van der Waals surface area contributed by atoms with Crippen LogP contribution in [0.15, 0.2) is 4.99 Å². The largest absolute Gasteiger partial charge is 0.358 e. The van der Waals surface area contributed by atoms with Crippen LogP contribution in [0.25, 0.3) is 0 Å². The van der Waals surface area contributed by atoms with E-state index in [0.717, 1.165) is 25.3 Å². The number of aliphatic imine (C=N–C) groups is 1. The molecule has 0 aromatic heterocycles. The van der Waals surface area contributed by atoms with Crippen molar-refractivity contribution in [1.29, 1.82) is 0 Å². The SMILES string of the molecule is CCCCCCCCCC1=NCCN1CCCS(=O)(=O)O. The predicted octanol–water partition coefficient (Wildman–Crippen LogP) is 3.12. The van der Waals surface area contributed by atoms with E-state index >= 15 is 0 Å². The second-order valence-electron chi connectivity index (χ2n) is 5.80. The molecule has 0 amide bonds. The van der Waals surface area contributed by atoms with Crippen molar-refractivity contribution in [3.05, 3.63) is 0 Å². The van der Waals surface area contributed by atoms with Gasteiger partial charge in [-0.05, 0) is 12.8 Å². The van der Waals surface area contributed by atoms with Gasteiger partial charge in [0.25, 0.3) is 10.1 Å². The summed E-state index contributed by atoms with van der Waals surface area (Å²) >= 11 is 0. The fourth-order valence-corrected chi connectivity index (χ4v) is 3.18. The van der Waals surface area contributed by atoms with Crippen LogP contribution in [0.2, 0.25) is 0 Å². The molecule has 21 heavy (non-hydrogen) atoms. The molecule has 0 unspecified atom stereocenters. The maximum absolute atomic E-state index is 10.7. The Morgan fingerprint density at radius 1 is 1.10 bits per heavy atom. The second kappa shape index (κ2) is 10.2. The minimum atomic E-state index is -3.83. The molecule has 0 aromatic carbocycles. The van der Waals surface area contributed by atoms with Crippen molar-refractivity contribution < 1.29 is 13.0 Å². The number of amidine groups is 1. The molecule has 1 aliphatic heterocycles. The van der Waals surface area contributed by atoms with Crippen LogP contribution in [0.5, 0.6) is 0 Å². The molecule has 1 aliphatic rings. The summed E-state index contributed by atoms with van der Waals surface area (Å²) in [5.41, 5.74) is 0. The first-order valence-electron chi connectivity index (χ1n) is 8.26. The van der Waals surface area contributed by atoms with Gasteiger partial charge in [-0.3, -0.25) is 9.55 Å². The van der Waals surface area contributed by atoms with E-state index in [-0.39, 0.29) is 5.75 Å². The van der Waals surface area contributed by atoms with Gasteiger partial charge in [-0.25, -0.2) is 0 Å². The van der Waals surface area contributed by atoms with Crippen molar-refractivity contribution in [2.45, 2.75) is 64.7 Å². The Labute approximate surface area is 129 Å². The summed E-state index contributed by atoms with van der Waals surface area (Å²) in [5, 5.41) is 0. The van der Waals surface area contributed by atoms with Crippen molar-refractivity contribution in [2.75, 3.05) is 25.4 Å². The highest BCUT2D eigenvalue weighted by molar-refractivity contribution is 7.85. The third-order valence-corrected chi connectivity index (χ3v) is 4.67. The molecule has 0 saturated carbocycles. The van der Waals surface area contributed by atoms with Crippen molar-refractivity contribution in [3.63, 3.8) is 0 Å². The van der Waals surface area contributed by atoms with Crippen LogP contribution in [0, 0.1) is 0 Å². The predicted molar refractivity (Wildman–Crippen MR) is 87.5 cm³/mol.